The molecule has 5 heteroatoms. The van der Waals surface area contributed by atoms with Crippen molar-refractivity contribution < 1.29 is 14.8 Å². The number of carbonyl (C=O) groups is 1. The van der Waals surface area contributed by atoms with Gasteiger partial charge in [0.05, 0.1) is 10.3 Å². The van der Waals surface area contributed by atoms with Gasteiger partial charge < -0.3 is 5.11 Å². The highest BCUT2D eigenvalue weighted by atomic mass is 16.6. The second-order valence-corrected chi connectivity index (χ2v) is 5.28. The van der Waals surface area contributed by atoms with Gasteiger partial charge in [0.25, 0.3) is 5.69 Å². The van der Waals surface area contributed by atoms with Crippen molar-refractivity contribution in [1.82, 2.24) is 0 Å². The van der Waals surface area contributed by atoms with Crippen LogP contribution < -0.4 is 0 Å². The number of fused-ring (bicyclic) bond motifs is 1. The lowest BCUT2D eigenvalue weighted by molar-refractivity contribution is -0.384. The van der Waals surface area contributed by atoms with Gasteiger partial charge in [0.1, 0.15) is 0 Å². The molecule has 1 aliphatic carbocycles. The Morgan fingerprint density at radius 1 is 1.35 bits per heavy atom. The molecule has 0 saturated carbocycles. The highest BCUT2D eigenvalue weighted by Crippen LogP contribution is 2.35. The number of nitrogens with zero attached hydrogens (tertiary/aromatic N) is 1. The number of nitro benzene ring substituents is 1. The third-order valence-corrected chi connectivity index (χ3v) is 3.58. The number of non-ortho nitro benzene ring substituents is 1. The Hall–Kier alpha value is -2.43. The molecular weight excluding hydrogens is 258 g/mol. The van der Waals surface area contributed by atoms with Crippen LogP contribution in [-0.4, -0.2) is 16.0 Å². The Bertz CT molecular complexity index is 641. The van der Waals surface area contributed by atoms with Gasteiger partial charge in [0.15, 0.2) is 0 Å². The molecule has 2 rings (SSSR count). The van der Waals surface area contributed by atoms with Crippen LogP contribution in [0.25, 0.3) is 12.2 Å². The molecule has 0 atom stereocenters. The quantitative estimate of drug-likeness (QED) is 0.675. The van der Waals surface area contributed by atoms with E-state index in [1.807, 2.05) is 12.2 Å². The molecule has 0 spiro atoms. The lowest BCUT2D eigenvalue weighted by atomic mass is 9.81. The Labute approximate surface area is 116 Å². The SMILES string of the molecule is CC(C)(C(=O)O)C1=Cc2cc([N+](=O)[O-])ccc2C=CC1. The van der Waals surface area contributed by atoms with Crippen LogP contribution in [0, 0.1) is 15.5 Å². The average molecular weight is 273 g/mol. The fraction of sp³-hybridized carbons (Fsp3) is 0.267. The van der Waals surface area contributed by atoms with Crippen molar-refractivity contribution in [3.63, 3.8) is 0 Å². The highest BCUT2D eigenvalue weighted by molar-refractivity contribution is 5.82. The summed E-state index contributed by atoms with van der Waals surface area (Å²) in [5.74, 6) is -0.911. The van der Waals surface area contributed by atoms with Crippen molar-refractivity contribution >= 4 is 23.8 Å². The number of carboxylic acid groups (broad SMARTS) is 1. The van der Waals surface area contributed by atoms with Crippen LogP contribution in [0.15, 0.2) is 29.8 Å². The molecule has 1 aliphatic rings. The van der Waals surface area contributed by atoms with Crippen LogP contribution in [0.4, 0.5) is 5.69 Å². The smallest absolute Gasteiger partial charge is 0.313 e. The van der Waals surface area contributed by atoms with Gasteiger partial charge in [-0.3, -0.25) is 14.9 Å². The van der Waals surface area contributed by atoms with Crippen LogP contribution in [0.2, 0.25) is 0 Å². The van der Waals surface area contributed by atoms with E-state index in [0.717, 1.165) is 11.1 Å². The number of allylic oxidation sites excluding steroid dienone is 1. The van der Waals surface area contributed by atoms with E-state index in [0.29, 0.717) is 12.0 Å². The first-order valence-corrected chi connectivity index (χ1v) is 6.22. The summed E-state index contributed by atoms with van der Waals surface area (Å²) in [5, 5.41) is 20.1. The molecule has 0 fully saturated rings. The zero-order chi connectivity index (χ0) is 14.9. The van der Waals surface area contributed by atoms with Crippen molar-refractivity contribution in [3.8, 4) is 0 Å². The maximum Gasteiger partial charge on any atom is 0.313 e. The van der Waals surface area contributed by atoms with E-state index in [2.05, 4.69) is 0 Å². The molecule has 0 heterocycles. The first-order chi connectivity index (χ1) is 9.32. The molecule has 0 saturated heterocycles. The van der Waals surface area contributed by atoms with Gasteiger partial charge >= 0.3 is 5.97 Å². The number of nitro groups is 1. The number of benzene rings is 1. The second-order valence-electron chi connectivity index (χ2n) is 5.28. The van der Waals surface area contributed by atoms with Crippen molar-refractivity contribution in [1.29, 1.82) is 0 Å². The van der Waals surface area contributed by atoms with Crippen LogP contribution in [0.5, 0.6) is 0 Å². The molecule has 0 radical (unpaired) electrons. The summed E-state index contributed by atoms with van der Waals surface area (Å²) in [5.41, 5.74) is 1.25. The molecule has 1 aromatic carbocycles. The summed E-state index contributed by atoms with van der Waals surface area (Å²) in [6, 6.07) is 4.60. The Morgan fingerprint density at radius 3 is 2.65 bits per heavy atom. The van der Waals surface area contributed by atoms with Crippen molar-refractivity contribution in [3.05, 3.63) is 51.1 Å². The van der Waals surface area contributed by atoms with Gasteiger partial charge in [0.2, 0.25) is 0 Å². The van der Waals surface area contributed by atoms with Crippen LogP contribution in [-0.2, 0) is 4.79 Å². The lowest BCUT2D eigenvalue weighted by Gasteiger charge is -2.22. The van der Waals surface area contributed by atoms with E-state index in [1.54, 1.807) is 26.0 Å². The summed E-state index contributed by atoms with van der Waals surface area (Å²) in [4.78, 5) is 21.7. The molecular formula is C15H15NO4. The molecule has 5 nitrogen and oxygen atoms in total. The molecule has 0 amide bonds. The Morgan fingerprint density at radius 2 is 2.05 bits per heavy atom. The topological polar surface area (TPSA) is 80.4 Å². The molecule has 0 unspecified atom stereocenters. The summed E-state index contributed by atoms with van der Waals surface area (Å²) < 4.78 is 0. The van der Waals surface area contributed by atoms with E-state index in [9.17, 15) is 20.0 Å². The minimum Gasteiger partial charge on any atom is -0.481 e. The number of carboxylic acids is 1. The van der Waals surface area contributed by atoms with Gasteiger partial charge in [-0.1, -0.05) is 18.2 Å². The summed E-state index contributed by atoms with van der Waals surface area (Å²) in [6.07, 6.45) is 6.01. The van der Waals surface area contributed by atoms with Crippen LogP contribution >= 0.6 is 0 Å². The molecule has 0 bridgehead atoms. The third kappa shape index (κ3) is 2.47. The lowest BCUT2D eigenvalue weighted by Crippen LogP contribution is -2.25. The number of aliphatic carboxylic acids is 1. The van der Waals surface area contributed by atoms with Crippen molar-refractivity contribution in [2.75, 3.05) is 0 Å². The van der Waals surface area contributed by atoms with E-state index >= 15 is 0 Å². The summed E-state index contributed by atoms with van der Waals surface area (Å²) in [6.45, 7) is 3.27. The fourth-order valence-electron chi connectivity index (χ4n) is 2.08. The monoisotopic (exact) mass is 273 g/mol. The fourth-order valence-corrected chi connectivity index (χ4v) is 2.08. The molecule has 1 aromatic rings. The van der Waals surface area contributed by atoms with E-state index in [1.165, 1.54) is 12.1 Å². The summed E-state index contributed by atoms with van der Waals surface area (Å²) >= 11 is 0. The average Bonchev–Trinajstić information content (AvgIpc) is 2.59. The minimum atomic E-state index is -1.00. The Balaban J connectivity index is 2.56. The van der Waals surface area contributed by atoms with Crippen molar-refractivity contribution in [2.24, 2.45) is 5.41 Å². The first-order valence-electron chi connectivity index (χ1n) is 6.22. The van der Waals surface area contributed by atoms with E-state index in [4.69, 9.17) is 0 Å². The second kappa shape index (κ2) is 4.92. The van der Waals surface area contributed by atoms with Crippen LogP contribution in [0.3, 0.4) is 0 Å². The molecule has 20 heavy (non-hydrogen) atoms. The third-order valence-electron chi connectivity index (χ3n) is 3.58. The summed E-state index contributed by atoms with van der Waals surface area (Å²) in [7, 11) is 0. The molecule has 0 aromatic heterocycles. The van der Waals surface area contributed by atoms with E-state index in [-0.39, 0.29) is 5.69 Å². The van der Waals surface area contributed by atoms with Gasteiger partial charge in [-0.25, -0.2) is 0 Å². The van der Waals surface area contributed by atoms with Gasteiger partial charge in [0, 0.05) is 12.1 Å². The maximum absolute atomic E-state index is 11.3. The predicted molar refractivity (Wildman–Crippen MR) is 76.1 cm³/mol. The molecule has 1 N–H and O–H groups in total. The molecule has 0 aliphatic heterocycles. The van der Waals surface area contributed by atoms with Gasteiger partial charge in [-0.15, -0.1) is 0 Å². The van der Waals surface area contributed by atoms with E-state index < -0.39 is 16.3 Å². The Kier molecular flexibility index (Phi) is 3.44. The first kappa shape index (κ1) is 14.0. The normalized spacial score (nSPS) is 14.2. The number of hydrogen-bond acceptors (Lipinski definition) is 3. The van der Waals surface area contributed by atoms with Gasteiger partial charge in [-0.2, -0.15) is 0 Å². The largest absolute Gasteiger partial charge is 0.481 e. The van der Waals surface area contributed by atoms with Crippen molar-refractivity contribution in [2.45, 2.75) is 20.3 Å². The highest BCUT2D eigenvalue weighted by Gasteiger charge is 2.31. The number of hydrogen-bond donors (Lipinski definition) is 1. The zero-order valence-electron chi connectivity index (χ0n) is 11.3. The zero-order valence-corrected chi connectivity index (χ0v) is 11.3. The molecule has 104 valence electrons. The minimum absolute atomic E-state index is 0.00258. The standard InChI is InChI=1S/C15H15NO4/c1-15(2,14(17)18)12-5-3-4-10-6-7-13(16(19)20)9-11(10)8-12/h3-4,6-9H,5H2,1-2H3,(H,17,18). The van der Waals surface area contributed by atoms with Gasteiger partial charge in [-0.05, 0) is 43.0 Å². The predicted octanol–water partition coefficient (Wildman–Crippen LogP) is 3.51. The maximum atomic E-state index is 11.3. The van der Waals surface area contributed by atoms with Crippen LogP contribution in [0.1, 0.15) is 31.4 Å². The number of rotatable bonds is 3.